The quantitative estimate of drug-likeness (QED) is 0.407. The Morgan fingerprint density at radius 3 is 2.58 bits per heavy atom. The van der Waals surface area contributed by atoms with Crippen molar-refractivity contribution in [3.63, 3.8) is 0 Å². The Kier molecular flexibility index (Phi) is 5.86. The van der Waals surface area contributed by atoms with Crippen molar-refractivity contribution >= 4 is 39.5 Å². The zero-order valence-electron chi connectivity index (χ0n) is 19.1. The third-order valence-electron chi connectivity index (χ3n) is 6.51. The van der Waals surface area contributed by atoms with Crippen LogP contribution >= 0.6 is 0 Å². The van der Waals surface area contributed by atoms with Gasteiger partial charge in [0, 0.05) is 43.0 Å². The highest BCUT2D eigenvalue weighted by Gasteiger charge is 2.23. The van der Waals surface area contributed by atoms with Crippen molar-refractivity contribution < 1.29 is 4.79 Å². The van der Waals surface area contributed by atoms with Gasteiger partial charge in [-0.15, -0.1) is 0 Å². The van der Waals surface area contributed by atoms with E-state index in [1.54, 1.807) is 0 Å². The zero-order chi connectivity index (χ0) is 22.8. The fourth-order valence-corrected chi connectivity index (χ4v) is 4.69. The molecule has 1 aliphatic rings. The second kappa shape index (κ2) is 9.10. The van der Waals surface area contributed by atoms with E-state index < -0.39 is 0 Å². The van der Waals surface area contributed by atoms with Gasteiger partial charge in [0.05, 0.1) is 5.52 Å². The summed E-state index contributed by atoms with van der Waals surface area (Å²) >= 11 is 0. The van der Waals surface area contributed by atoms with E-state index in [0.717, 1.165) is 53.3 Å². The van der Waals surface area contributed by atoms with Gasteiger partial charge in [0.2, 0.25) is 5.95 Å². The lowest BCUT2D eigenvalue weighted by Gasteiger charge is -2.29. The van der Waals surface area contributed by atoms with E-state index >= 15 is 0 Å². The lowest BCUT2D eigenvalue weighted by molar-refractivity contribution is 0.0939. The molecule has 7 nitrogen and oxygen atoms in total. The van der Waals surface area contributed by atoms with Crippen molar-refractivity contribution in [1.29, 1.82) is 0 Å². The normalized spacial score (nSPS) is 18.4. The van der Waals surface area contributed by atoms with Crippen LogP contribution in [0.25, 0.3) is 21.8 Å². The molecule has 33 heavy (non-hydrogen) atoms. The molecule has 3 N–H and O–H groups in total. The van der Waals surface area contributed by atoms with E-state index in [4.69, 9.17) is 9.97 Å². The molecule has 1 saturated carbocycles. The Morgan fingerprint density at radius 2 is 1.79 bits per heavy atom. The minimum atomic E-state index is -0.0350. The number of nitrogens with zero attached hydrogens (tertiary/aromatic N) is 3. The number of carbonyl (C=O) groups is 1. The first-order chi connectivity index (χ1) is 16.1. The molecular formula is C26H30N6O. The summed E-state index contributed by atoms with van der Waals surface area (Å²) in [4.78, 5) is 27.3. The number of carbonyl (C=O) groups excluding carboxylic acids is 1. The standard InChI is InChI=1S/C26H30N6O/c1-32(2)24-20-8-4-6-10-22(20)30-26(31-24)28-19-13-11-17(12-14-19)16-27-25(33)23-15-18-7-3-5-9-21(18)29-23/h3-10,15,17,19,29H,11-14,16H2,1-2H3,(H,27,33)(H,28,30,31)/t17-,19+. The van der Waals surface area contributed by atoms with Gasteiger partial charge >= 0.3 is 0 Å². The molecule has 170 valence electrons. The molecule has 2 heterocycles. The van der Waals surface area contributed by atoms with E-state index in [0.29, 0.717) is 30.1 Å². The topological polar surface area (TPSA) is 85.9 Å². The maximum atomic E-state index is 12.6. The summed E-state index contributed by atoms with van der Waals surface area (Å²) in [5.41, 5.74) is 2.56. The van der Waals surface area contributed by atoms with Crippen LogP contribution in [0.3, 0.4) is 0 Å². The third kappa shape index (κ3) is 4.62. The summed E-state index contributed by atoms with van der Waals surface area (Å²) in [6, 6.07) is 18.3. The summed E-state index contributed by atoms with van der Waals surface area (Å²) in [6.07, 6.45) is 4.22. The Labute approximate surface area is 193 Å². The fourth-order valence-electron chi connectivity index (χ4n) is 4.69. The third-order valence-corrected chi connectivity index (χ3v) is 6.51. The van der Waals surface area contributed by atoms with Crippen molar-refractivity contribution in [3.05, 3.63) is 60.3 Å². The van der Waals surface area contributed by atoms with Gasteiger partial charge in [-0.3, -0.25) is 4.79 Å². The Morgan fingerprint density at radius 1 is 1.03 bits per heavy atom. The fraction of sp³-hybridized carbons (Fsp3) is 0.346. The summed E-state index contributed by atoms with van der Waals surface area (Å²) in [5.74, 6) is 2.07. The van der Waals surface area contributed by atoms with Crippen LogP contribution in [-0.2, 0) is 0 Å². The van der Waals surface area contributed by atoms with Crippen molar-refractivity contribution in [2.45, 2.75) is 31.7 Å². The number of anilines is 2. The average molecular weight is 443 g/mol. The minimum absolute atomic E-state index is 0.0350. The number of rotatable bonds is 6. The first-order valence-electron chi connectivity index (χ1n) is 11.6. The molecule has 0 unspecified atom stereocenters. The molecule has 1 aliphatic carbocycles. The van der Waals surface area contributed by atoms with Gasteiger partial charge < -0.3 is 20.5 Å². The van der Waals surface area contributed by atoms with Gasteiger partial charge in [-0.2, -0.15) is 4.98 Å². The first kappa shape index (κ1) is 21.2. The van der Waals surface area contributed by atoms with Gasteiger partial charge in [-0.05, 0) is 55.9 Å². The van der Waals surface area contributed by atoms with Crippen LogP contribution < -0.4 is 15.5 Å². The molecule has 1 amide bonds. The molecule has 2 aromatic carbocycles. The van der Waals surface area contributed by atoms with Crippen LogP contribution in [0.5, 0.6) is 0 Å². The minimum Gasteiger partial charge on any atom is -0.362 e. The monoisotopic (exact) mass is 442 g/mol. The largest absolute Gasteiger partial charge is 0.362 e. The molecule has 1 fully saturated rings. The van der Waals surface area contributed by atoms with E-state index in [1.165, 1.54) is 0 Å². The number of para-hydroxylation sites is 2. The second-order valence-corrected chi connectivity index (χ2v) is 9.12. The van der Waals surface area contributed by atoms with Gasteiger partial charge in [-0.1, -0.05) is 30.3 Å². The van der Waals surface area contributed by atoms with Crippen LogP contribution in [0, 0.1) is 5.92 Å². The Balaban J connectivity index is 1.16. The van der Waals surface area contributed by atoms with E-state index in [1.807, 2.05) is 67.5 Å². The van der Waals surface area contributed by atoms with E-state index in [2.05, 4.69) is 21.7 Å². The van der Waals surface area contributed by atoms with Crippen LogP contribution in [0.1, 0.15) is 36.2 Å². The molecule has 0 bridgehead atoms. The summed E-state index contributed by atoms with van der Waals surface area (Å²) in [6.45, 7) is 0.707. The van der Waals surface area contributed by atoms with Gasteiger partial charge in [0.1, 0.15) is 11.5 Å². The van der Waals surface area contributed by atoms with Gasteiger partial charge in [-0.25, -0.2) is 4.98 Å². The smallest absolute Gasteiger partial charge is 0.267 e. The molecule has 0 aliphatic heterocycles. The maximum absolute atomic E-state index is 12.6. The molecule has 0 spiro atoms. The number of aromatic amines is 1. The number of H-pyrrole nitrogens is 1. The van der Waals surface area contributed by atoms with Crippen LogP contribution in [0.15, 0.2) is 54.6 Å². The van der Waals surface area contributed by atoms with Crippen molar-refractivity contribution in [3.8, 4) is 0 Å². The lowest BCUT2D eigenvalue weighted by atomic mass is 9.86. The Hall–Kier alpha value is -3.61. The zero-order valence-corrected chi connectivity index (χ0v) is 19.1. The highest BCUT2D eigenvalue weighted by Crippen LogP contribution is 2.28. The predicted molar refractivity (Wildman–Crippen MR) is 134 cm³/mol. The van der Waals surface area contributed by atoms with Crippen molar-refractivity contribution in [2.24, 2.45) is 5.92 Å². The Bertz CT molecular complexity index is 1240. The van der Waals surface area contributed by atoms with Crippen molar-refractivity contribution in [2.75, 3.05) is 30.9 Å². The number of aromatic nitrogens is 3. The molecule has 0 atom stereocenters. The molecule has 7 heteroatoms. The number of hydrogen-bond acceptors (Lipinski definition) is 5. The average Bonchev–Trinajstić information content (AvgIpc) is 3.27. The lowest BCUT2D eigenvalue weighted by Crippen LogP contribution is -2.34. The molecule has 5 rings (SSSR count). The maximum Gasteiger partial charge on any atom is 0.267 e. The summed E-state index contributed by atoms with van der Waals surface area (Å²) in [7, 11) is 4.02. The number of nitrogens with one attached hydrogen (secondary N) is 3. The highest BCUT2D eigenvalue weighted by molar-refractivity contribution is 5.98. The summed E-state index contributed by atoms with van der Waals surface area (Å²) < 4.78 is 0. The van der Waals surface area contributed by atoms with Crippen LogP contribution in [-0.4, -0.2) is 47.5 Å². The van der Waals surface area contributed by atoms with E-state index in [9.17, 15) is 4.79 Å². The second-order valence-electron chi connectivity index (χ2n) is 9.12. The number of hydrogen-bond donors (Lipinski definition) is 3. The molecule has 4 aromatic rings. The van der Waals surface area contributed by atoms with Crippen LogP contribution in [0.4, 0.5) is 11.8 Å². The number of amides is 1. The predicted octanol–water partition coefficient (Wildman–Crippen LogP) is 4.58. The number of fused-ring (bicyclic) bond motifs is 2. The number of benzene rings is 2. The summed E-state index contributed by atoms with van der Waals surface area (Å²) in [5, 5.41) is 8.78. The first-order valence-corrected chi connectivity index (χ1v) is 11.6. The highest BCUT2D eigenvalue weighted by atomic mass is 16.1. The van der Waals surface area contributed by atoms with Gasteiger partial charge in [0.15, 0.2) is 0 Å². The molecule has 0 saturated heterocycles. The van der Waals surface area contributed by atoms with Crippen molar-refractivity contribution in [1.82, 2.24) is 20.3 Å². The molecular weight excluding hydrogens is 412 g/mol. The van der Waals surface area contributed by atoms with E-state index in [-0.39, 0.29) is 5.91 Å². The van der Waals surface area contributed by atoms with Gasteiger partial charge in [0.25, 0.3) is 5.91 Å². The molecule has 2 aromatic heterocycles. The van der Waals surface area contributed by atoms with Crippen LogP contribution in [0.2, 0.25) is 0 Å². The SMILES string of the molecule is CN(C)c1nc(N[C@H]2CC[C@@H](CNC(=O)c3cc4ccccc4[nH]3)CC2)nc2ccccc12. The molecule has 0 radical (unpaired) electrons.